The number of imidazole rings is 1. The second-order valence-electron chi connectivity index (χ2n) is 13.5. The van der Waals surface area contributed by atoms with Crippen molar-refractivity contribution in [3.05, 3.63) is 114 Å². The first kappa shape index (κ1) is 34.2. The van der Waals surface area contributed by atoms with Crippen LogP contribution in [-0.4, -0.2) is 55.1 Å². The zero-order chi connectivity index (χ0) is 34.0. The molecular weight excluding hydrogens is 625 g/mol. The SMILES string of the molecule is Cc1nc2c(Cc3ccc(S(=O)(=O)N(C)[C@@H](CC(C)C)C(=O)O[Si](c4ccccc4)(c4ccccc4)C(C)(C)C)cc3)nccc2[nH]1. The minimum absolute atomic E-state index is 0.0348. The van der Waals surface area contributed by atoms with Crippen molar-refractivity contribution in [1.29, 1.82) is 0 Å². The first-order valence-corrected chi connectivity index (χ1v) is 19.3. The average Bonchev–Trinajstić information content (AvgIpc) is 3.43. The fourth-order valence-electron chi connectivity index (χ4n) is 6.26. The van der Waals surface area contributed by atoms with Gasteiger partial charge in [0.05, 0.1) is 16.1 Å². The number of nitrogens with one attached hydrogen (secondary N) is 1. The highest BCUT2D eigenvalue weighted by Gasteiger charge is 2.54. The normalized spacial score (nSPS) is 13.3. The third-order valence-corrected chi connectivity index (χ3v) is 15.4. The summed E-state index contributed by atoms with van der Waals surface area (Å²) in [7, 11) is -5.83. The average molecular weight is 669 g/mol. The zero-order valence-electron chi connectivity index (χ0n) is 28.2. The van der Waals surface area contributed by atoms with Crippen LogP contribution in [-0.2, 0) is 25.7 Å². The number of hydrogen-bond acceptors (Lipinski definition) is 6. The monoisotopic (exact) mass is 668 g/mol. The lowest BCUT2D eigenvalue weighted by Gasteiger charge is -2.43. The highest BCUT2D eigenvalue weighted by Crippen LogP contribution is 2.37. The van der Waals surface area contributed by atoms with E-state index in [1.165, 1.54) is 11.4 Å². The van der Waals surface area contributed by atoms with E-state index < -0.39 is 35.4 Å². The van der Waals surface area contributed by atoms with Crippen LogP contribution in [0.2, 0.25) is 5.04 Å². The Labute approximate surface area is 279 Å². The van der Waals surface area contributed by atoms with E-state index >= 15 is 0 Å². The third kappa shape index (κ3) is 6.95. The molecule has 0 aliphatic carbocycles. The van der Waals surface area contributed by atoms with Crippen LogP contribution in [0.4, 0.5) is 0 Å². The molecule has 0 aliphatic rings. The molecule has 0 saturated carbocycles. The number of aromatic amines is 1. The number of nitrogens with zero attached hydrogens (tertiary/aromatic N) is 3. The number of carbonyl (C=O) groups is 1. The molecule has 0 unspecified atom stereocenters. The van der Waals surface area contributed by atoms with Crippen molar-refractivity contribution in [3.8, 4) is 0 Å². The summed E-state index contributed by atoms with van der Waals surface area (Å²) in [5, 5.41) is 1.45. The van der Waals surface area contributed by atoms with Gasteiger partial charge in [0.15, 0.2) is 0 Å². The Morgan fingerprint density at radius 2 is 1.49 bits per heavy atom. The molecular formula is C37H44N4O4SSi. The number of benzene rings is 3. The van der Waals surface area contributed by atoms with Gasteiger partial charge in [-0.3, -0.25) is 9.78 Å². The Kier molecular flexibility index (Phi) is 9.86. The predicted octanol–water partition coefficient (Wildman–Crippen LogP) is 6.00. The first-order valence-electron chi connectivity index (χ1n) is 15.9. The molecule has 10 heteroatoms. The van der Waals surface area contributed by atoms with Crippen LogP contribution < -0.4 is 10.4 Å². The topological polar surface area (TPSA) is 105 Å². The molecule has 0 spiro atoms. The van der Waals surface area contributed by atoms with E-state index in [9.17, 15) is 13.2 Å². The van der Waals surface area contributed by atoms with Crippen molar-refractivity contribution in [2.75, 3.05) is 7.05 Å². The third-order valence-electron chi connectivity index (χ3n) is 8.64. The number of aryl methyl sites for hydroxylation is 1. The van der Waals surface area contributed by atoms with Crippen LogP contribution in [0, 0.1) is 12.8 Å². The Morgan fingerprint density at radius 3 is 2.02 bits per heavy atom. The maximum Gasteiger partial charge on any atom is 0.323 e. The van der Waals surface area contributed by atoms with E-state index in [0.717, 1.165) is 38.5 Å². The number of hydrogen-bond donors (Lipinski definition) is 1. The molecule has 1 atom stereocenters. The Hall–Kier alpha value is -4.12. The second kappa shape index (κ2) is 13.5. The van der Waals surface area contributed by atoms with Crippen LogP contribution in [0.5, 0.6) is 0 Å². The maximum absolute atomic E-state index is 14.5. The van der Waals surface area contributed by atoms with E-state index in [0.29, 0.717) is 12.8 Å². The van der Waals surface area contributed by atoms with Crippen LogP contribution in [0.1, 0.15) is 58.1 Å². The van der Waals surface area contributed by atoms with Crippen LogP contribution in [0.3, 0.4) is 0 Å². The Balaban J connectivity index is 1.47. The van der Waals surface area contributed by atoms with Crippen molar-refractivity contribution >= 4 is 45.7 Å². The fraction of sp³-hybridized carbons (Fsp3) is 0.324. The van der Waals surface area contributed by atoms with Crippen LogP contribution in [0.15, 0.2) is 102 Å². The summed E-state index contributed by atoms with van der Waals surface area (Å²) in [6.45, 7) is 12.1. The van der Waals surface area contributed by atoms with Gasteiger partial charge in [-0.25, -0.2) is 13.4 Å². The molecule has 0 saturated heterocycles. The molecule has 0 radical (unpaired) electrons. The molecule has 0 aliphatic heterocycles. The standard InChI is InChI=1S/C37H44N4O4SSi/c1-26(2)24-34(36(42)45-47(37(4,5)6,30-14-10-8-11-15-30)31-16-12-9-13-17-31)41(7)46(43,44)29-20-18-28(19-21-29)25-33-35-32(22-23-38-33)39-27(3)40-35/h8-23,26,34H,24-25H2,1-7H3,(H,39,40)/t34-/m0/s1. The molecule has 246 valence electrons. The lowest BCUT2D eigenvalue weighted by Crippen LogP contribution is -2.68. The van der Waals surface area contributed by atoms with Gasteiger partial charge in [-0.05, 0) is 58.4 Å². The molecule has 47 heavy (non-hydrogen) atoms. The second-order valence-corrected chi connectivity index (χ2v) is 19.8. The van der Waals surface area contributed by atoms with Gasteiger partial charge in [0.2, 0.25) is 10.0 Å². The van der Waals surface area contributed by atoms with Gasteiger partial charge in [-0.2, -0.15) is 4.31 Å². The van der Waals surface area contributed by atoms with Crippen LogP contribution >= 0.6 is 0 Å². The van der Waals surface area contributed by atoms with Crippen molar-refractivity contribution in [1.82, 2.24) is 19.3 Å². The van der Waals surface area contributed by atoms with Gasteiger partial charge in [0, 0.05) is 19.7 Å². The summed E-state index contributed by atoms with van der Waals surface area (Å²) >= 11 is 0. The van der Waals surface area contributed by atoms with Gasteiger partial charge < -0.3 is 9.41 Å². The number of sulfonamides is 1. The van der Waals surface area contributed by atoms with Crippen molar-refractivity contribution in [2.45, 2.75) is 70.4 Å². The van der Waals surface area contributed by atoms with Crippen LogP contribution in [0.25, 0.3) is 11.0 Å². The van der Waals surface area contributed by atoms with Crippen molar-refractivity contribution < 1.29 is 17.6 Å². The maximum atomic E-state index is 14.5. The number of aromatic nitrogens is 3. The highest BCUT2D eigenvalue weighted by atomic mass is 32.2. The van der Waals surface area contributed by atoms with Crippen molar-refractivity contribution in [3.63, 3.8) is 0 Å². The Morgan fingerprint density at radius 1 is 0.915 bits per heavy atom. The molecule has 5 aromatic rings. The van der Waals surface area contributed by atoms with E-state index in [1.807, 2.05) is 87.5 Å². The molecule has 0 fully saturated rings. The summed E-state index contributed by atoms with van der Waals surface area (Å²) < 4.78 is 36.2. The number of likely N-dealkylation sites (N-methyl/N-ethyl adjacent to an activating group) is 1. The minimum atomic E-state index is -4.06. The smallest absolute Gasteiger partial charge is 0.323 e. The fourth-order valence-corrected chi connectivity index (χ4v) is 11.9. The summed E-state index contributed by atoms with van der Waals surface area (Å²) in [4.78, 5) is 26.9. The summed E-state index contributed by atoms with van der Waals surface area (Å²) in [6, 6.07) is 27.4. The zero-order valence-corrected chi connectivity index (χ0v) is 30.0. The molecule has 5 rings (SSSR count). The molecule has 8 nitrogen and oxygen atoms in total. The van der Waals surface area contributed by atoms with Gasteiger partial charge >= 0.3 is 14.3 Å². The highest BCUT2D eigenvalue weighted by molar-refractivity contribution is 7.89. The number of fused-ring (bicyclic) bond motifs is 1. The van der Waals surface area contributed by atoms with Gasteiger partial charge in [0.25, 0.3) is 0 Å². The molecule has 0 amide bonds. The molecule has 2 heterocycles. The van der Waals surface area contributed by atoms with E-state index in [-0.39, 0.29) is 10.8 Å². The quantitative estimate of drug-likeness (QED) is 0.173. The van der Waals surface area contributed by atoms with E-state index in [2.05, 4.69) is 35.7 Å². The van der Waals surface area contributed by atoms with Gasteiger partial charge in [-0.15, -0.1) is 0 Å². The summed E-state index contributed by atoms with van der Waals surface area (Å²) in [5.41, 5.74) is 3.42. The number of H-pyrrole nitrogens is 1. The molecule has 0 bridgehead atoms. The lowest BCUT2D eigenvalue weighted by atomic mass is 10.0. The predicted molar refractivity (Wildman–Crippen MR) is 190 cm³/mol. The number of rotatable bonds is 11. The summed E-state index contributed by atoms with van der Waals surface area (Å²) in [6.07, 6.45) is 2.55. The minimum Gasteiger partial charge on any atom is -0.508 e. The Bertz CT molecular complexity index is 1900. The van der Waals surface area contributed by atoms with E-state index in [1.54, 1.807) is 30.5 Å². The van der Waals surface area contributed by atoms with E-state index in [4.69, 9.17) is 4.43 Å². The summed E-state index contributed by atoms with van der Waals surface area (Å²) in [5.74, 6) is 0.305. The lowest BCUT2D eigenvalue weighted by molar-refractivity contribution is -0.139. The van der Waals surface area contributed by atoms with Gasteiger partial charge in [0.1, 0.15) is 17.4 Å². The number of carbonyl (C=O) groups excluding carboxylic acids is 1. The van der Waals surface area contributed by atoms with Gasteiger partial charge in [-0.1, -0.05) is 107 Å². The number of pyridine rings is 1. The van der Waals surface area contributed by atoms with Crippen molar-refractivity contribution in [2.24, 2.45) is 5.92 Å². The molecule has 3 aromatic carbocycles. The molecule has 1 N–H and O–H groups in total. The first-order chi connectivity index (χ1) is 22.2. The largest absolute Gasteiger partial charge is 0.508 e. The molecule has 2 aromatic heterocycles.